The minimum Gasteiger partial charge on any atom is -0.335 e. The van der Waals surface area contributed by atoms with Crippen LogP contribution in [-0.2, 0) is 10.0 Å². The monoisotopic (exact) mass is 382 g/mol. The van der Waals surface area contributed by atoms with Crippen molar-refractivity contribution in [2.45, 2.75) is 11.3 Å². The summed E-state index contributed by atoms with van der Waals surface area (Å²) >= 11 is 0. The van der Waals surface area contributed by atoms with Crippen LogP contribution in [0.4, 0.5) is 0 Å². The van der Waals surface area contributed by atoms with E-state index in [1.165, 1.54) is 29.3 Å². The summed E-state index contributed by atoms with van der Waals surface area (Å²) in [7, 11) is -3.58. The first-order chi connectivity index (χ1) is 13.0. The summed E-state index contributed by atoms with van der Waals surface area (Å²) in [6.07, 6.45) is 4.35. The van der Waals surface area contributed by atoms with E-state index in [0.717, 1.165) is 6.42 Å². The van der Waals surface area contributed by atoms with Crippen molar-refractivity contribution in [3.05, 3.63) is 84.5 Å². The molecule has 0 aliphatic carbocycles. The van der Waals surface area contributed by atoms with Crippen molar-refractivity contribution >= 4 is 21.5 Å². The Balaban J connectivity index is 1.68. The maximum Gasteiger partial charge on any atom is 0.254 e. The summed E-state index contributed by atoms with van der Waals surface area (Å²) in [6.45, 7) is 4.83. The molecule has 1 heterocycles. The topological polar surface area (TPSA) is 66.5 Å². The maximum absolute atomic E-state index is 12.7. The van der Waals surface area contributed by atoms with E-state index in [4.69, 9.17) is 0 Å². The standard InChI is InChI=1S/C21H22N2O3S/c1-2-14-22-27(25,26)20-10-8-19(9-11-20)21(24)23-15-12-18(13-16-23)17-6-4-3-5-7-17/h2-12,22H,1,13-16H2. The summed E-state index contributed by atoms with van der Waals surface area (Å²) in [5, 5.41) is 0. The number of sulfonamides is 1. The number of carbonyl (C=O) groups excluding carboxylic acids is 1. The van der Waals surface area contributed by atoms with Crippen molar-refractivity contribution in [3.8, 4) is 0 Å². The molecule has 0 bridgehead atoms. The van der Waals surface area contributed by atoms with Crippen LogP contribution in [0, 0.1) is 0 Å². The Labute approximate surface area is 160 Å². The Kier molecular flexibility index (Phi) is 5.88. The zero-order chi connectivity index (χ0) is 19.3. The normalized spacial score (nSPS) is 14.5. The van der Waals surface area contributed by atoms with Crippen molar-refractivity contribution in [2.75, 3.05) is 19.6 Å². The van der Waals surface area contributed by atoms with E-state index >= 15 is 0 Å². The highest BCUT2D eigenvalue weighted by Crippen LogP contribution is 2.23. The molecular weight excluding hydrogens is 360 g/mol. The van der Waals surface area contributed by atoms with Gasteiger partial charge in [0.2, 0.25) is 10.0 Å². The number of carbonyl (C=O) groups is 1. The fourth-order valence-corrected chi connectivity index (χ4v) is 3.98. The molecule has 5 nitrogen and oxygen atoms in total. The number of nitrogens with zero attached hydrogens (tertiary/aromatic N) is 1. The highest BCUT2D eigenvalue weighted by atomic mass is 32.2. The quantitative estimate of drug-likeness (QED) is 0.781. The van der Waals surface area contributed by atoms with Crippen LogP contribution in [0.25, 0.3) is 5.57 Å². The molecule has 0 saturated heterocycles. The van der Waals surface area contributed by atoms with Gasteiger partial charge in [-0.25, -0.2) is 13.1 Å². The molecule has 6 heteroatoms. The van der Waals surface area contributed by atoms with Gasteiger partial charge in [-0.15, -0.1) is 6.58 Å². The first-order valence-corrected chi connectivity index (χ1v) is 10.2. The van der Waals surface area contributed by atoms with Crippen molar-refractivity contribution < 1.29 is 13.2 Å². The number of benzene rings is 2. The van der Waals surface area contributed by atoms with Gasteiger partial charge in [-0.3, -0.25) is 4.79 Å². The SMILES string of the molecule is C=CCNS(=O)(=O)c1ccc(C(=O)N2CC=C(c3ccccc3)CC2)cc1. The van der Waals surface area contributed by atoms with Crippen LogP contribution in [-0.4, -0.2) is 38.9 Å². The second-order valence-corrected chi connectivity index (χ2v) is 8.03. The summed E-state index contributed by atoms with van der Waals surface area (Å²) in [5.41, 5.74) is 2.91. The maximum atomic E-state index is 12.7. The second kappa shape index (κ2) is 8.33. The summed E-state index contributed by atoms with van der Waals surface area (Å²) in [4.78, 5) is 14.6. The van der Waals surface area contributed by atoms with Gasteiger partial charge in [0.25, 0.3) is 5.91 Å². The Morgan fingerprint density at radius 3 is 2.41 bits per heavy atom. The zero-order valence-corrected chi connectivity index (χ0v) is 15.8. The predicted molar refractivity (Wildman–Crippen MR) is 107 cm³/mol. The highest BCUT2D eigenvalue weighted by Gasteiger charge is 2.20. The molecule has 0 radical (unpaired) electrons. The molecule has 0 unspecified atom stereocenters. The van der Waals surface area contributed by atoms with Gasteiger partial charge >= 0.3 is 0 Å². The molecule has 0 atom stereocenters. The summed E-state index contributed by atoms with van der Waals surface area (Å²) < 4.78 is 26.6. The molecule has 0 saturated carbocycles. The molecule has 1 aliphatic rings. The average molecular weight is 382 g/mol. The van der Waals surface area contributed by atoms with Crippen LogP contribution in [0.3, 0.4) is 0 Å². The van der Waals surface area contributed by atoms with E-state index in [-0.39, 0.29) is 17.3 Å². The van der Waals surface area contributed by atoms with Gasteiger partial charge in [-0.05, 0) is 41.8 Å². The third-order valence-electron chi connectivity index (χ3n) is 4.47. The third-order valence-corrected chi connectivity index (χ3v) is 5.91. The van der Waals surface area contributed by atoms with E-state index in [9.17, 15) is 13.2 Å². The van der Waals surface area contributed by atoms with E-state index in [2.05, 4.69) is 29.5 Å². The van der Waals surface area contributed by atoms with Crippen LogP contribution in [0.5, 0.6) is 0 Å². The van der Waals surface area contributed by atoms with E-state index < -0.39 is 10.0 Å². The third kappa shape index (κ3) is 4.53. The number of nitrogens with one attached hydrogen (secondary N) is 1. The number of hydrogen-bond donors (Lipinski definition) is 1. The molecular formula is C21H22N2O3S. The molecule has 1 amide bonds. The lowest BCUT2D eigenvalue weighted by atomic mass is 9.99. The van der Waals surface area contributed by atoms with Crippen LogP contribution < -0.4 is 4.72 Å². The van der Waals surface area contributed by atoms with Gasteiger partial charge in [-0.2, -0.15) is 0 Å². The smallest absolute Gasteiger partial charge is 0.254 e. The first kappa shape index (κ1) is 19.1. The van der Waals surface area contributed by atoms with Crippen molar-refractivity contribution in [3.63, 3.8) is 0 Å². The van der Waals surface area contributed by atoms with Crippen LogP contribution in [0.2, 0.25) is 0 Å². The fourth-order valence-electron chi connectivity index (χ4n) is 2.98. The summed E-state index contributed by atoms with van der Waals surface area (Å²) in [6, 6.07) is 16.2. The molecule has 2 aromatic carbocycles. The molecule has 1 N–H and O–H groups in total. The summed E-state index contributed by atoms with van der Waals surface area (Å²) in [5.74, 6) is -0.0960. The lowest BCUT2D eigenvalue weighted by molar-refractivity contribution is 0.0773. The highest BCUT2D eigenvalue weighted by molar-refractivity contribution is 7.89. The molecule has 0 fully saturated rings. The number of rotatable bonds is 6. The molecule has 0 aromatic heterocycles. The number of amides is 1. The lowest BCUT2D eigenvalue weighted by Gasteiger charge is -2.27. The van der Waals surface area contributed by atoms with E-state index in [1.54, 1.807) is 17.0 Å². The average Bonchev–Trinajstić information content (AvgIpc) is 2.72. The molecule has 0 spiro atoms. The van der Waals surface area contributed by atoms with E-state index in [1.807, 2.05) is 18.2 Å². The molecule has 1 aliphatic heterocycles. The zero-order valence-electron chi connectivity index (χ0n) is 15.0. The molecule has 27 heavy (non-hydrogen) atoms. The largest absolute Gasteiger partial charge is 0.335 e. The second-order valence-electron chi connectivity index (χ2n) is 6.26. The van der Waals surface area contributed by atoms with E-state index in [0.29, 0.717) is 18.7 Å². The van der Waals surface area contributed by atoms with Gasteiger partial charge in [0.05, 0.1) is 4.90 Å². The Bertz CT molecular complexity index is 949. The Hall–Kier alpha value is -2.70. The van der Waals surface area contributed by atoms with Gasteiger partial charge in [0, 0.05) is 25.2 Å². The lowest BCUT2D eigenvalue weighted by Crippen LogP contribution is -2.34. The van der Waals surface area contributed by atoms with Gasteiger partial charge in [0.15, 0.2) is 0 Å². The number of hydrogen-bond acceptors (Lipinski definition) is 3. The van der Waals surface area contributed by atoms with Crippen molar-refractivity contribution in [2.24, 2.45) is 0 Å². The molecule has 140 valence electrons. The van der Waals surface area contributed by atoms with Gasteiger partial charge < -0.3 is 4.90 Å². The first-order valence-electron chi connectivity index (χ1n) is 8.75. The molecule has 2 aromatic rings. The van der Waals surface area contributed by atoms with Gasteiger partial charge in [-0.1, -0.05) is 42.5 Å². The van der Waals surface area contributed by atoms with Crippen molar-refractivity contribution in [1.29, 1.82) is 0 Å². The minimum absolute atomic E-state index is 0.0960. The van der Waals surface area contributed by atoms with Crippen molar-refractivity contribution in [1.82, 2.24) is 9.62 Å². The van der Waals surface area contributed by atoms with Crippen LogP contribution in [0.1, 0.15) is 22.3 Å². The Morgan fingerprint density at radius 2 is 1.81 bits per heavy atom. The van der Waals surface area contributed by atoms with Crippen LogP contribution in [0.15, 0.2) is 78.2 Å². The van der Waals surface area contributed by atoms with Crippen LogP contribution >= 0.6 is 0 Å². The van der Waals surface area contributed by atoms with Gasteiger partial charge in [0.1, 0.15) is 0 Å². The minimum atomic E-state index is -3.58. The molecule has 3 rings (SSSR count). The fraction of sp³-hybridized carbons (Fsp3) is 0.190. The predicted octanol–water partition coefficient (Wildman–Crippen LogP) is 3.08. The Morgan fingerprint density at radius 1 is 1.11 bits per heavy atom.